The zero-order valence-corrected chi connectivity index (χ0v) is 23.8. The molecular formula is C32H33N5O5. The second-order valence-electron chi connectivity index (χ2n) is 10.4. The Kier molecular flexibility index (Phi) is 8.46. The monoisotopic (exact) mass is 567 g/mol. The smallest absolute Gasteiger partial charge is 0.345 e. The standard InChI is InChI=1S/C32H33N5O5/c1-21(38)42-32(41)23-9-14-26-27(19-23)34-31(40)29(26)30(22-7-5-4-6-8-22)33-24-10-12-25(13-11-24)36(3)28(39)20-37-17-15-35(2)16-18-37/h4-14,19,33H,15-18,20H2,1-3H3,(H,34,40)/b30-29-. The van der Waals surface area contributed by atoms with Gasteiger partial charge in [-0.2, -0.15) is 0 Å². The number of esters is 2. The minimum atomic E-state index is -0.787. The van der Waals surface area contributed by atoms with Crippen molar-refractivity contribution in [2.75, 3.05) is 62.4 Å². The molecule has 0 aliphatic carbocycles. The molecule has 2 heterocycles. The molecule has 2 aliphatic heterocycles. The van der Waals surface area contributed by atoms with Crippen molar-refractivity contribution in [2.45, 2.75) is 6.92 Å². The summed E-state index contributed by atoms with van der Waals surface area (Å²) in [5.41, 5.74) is 4.48. The summed E-state index contributed by atoms with van der Waals surface area (Å²) in [4.78, 5) is 55.8. The van der Waals surface area contributed by atoms with Crippen molar-refractivity contribution in [3.05, 3.63) is 89.5 Å². The first kappa shape index (κ1) is 28.7. The number of ether oxygens (including phenoxy) is 1. The molecule has 0 aromatic heterocycles. The Morgan fingerprint density at radius 3 is 2.29 bits per heavy atom. The first-order valence-corrected chi connectivity index (χ1v) is 13.7. The summed E-state index contributed by atoms with van der Waals surface area (Å²) < 4.78 is 4.68. The Morgan fingerprint density at radius 2 is 1.62 bits per heavy atom. The number of hydrogen-bond acceptors (Lipinski definition) is 8. The molecule has 3 aromatic carbocycles. The van der Waals surface area contributed by atoms with Crippen molar-refractivity contribution in [3.63, 3.8) is 0 Å². The molecule has 0 atom stereocenters. The summed E-state index contributed by atoms with van der Waals surface area (Å²) >= 11 is 0. The highest BCUT2D eigenvalue weighted by atomic mass is 16.6. The van der Waals surface area contributed by atoms with Gasteiger partial charge in [0, 0.05) is 57.1 Å². The number of anilines is 3. The van der Waals surface area contributed by atoms with Crippen LogP contribution in [0.2, 0.25) is 0 Å². The molecular weight excluding hydrogens is 534 g/mol. The Balaban J connectivity index is 1.40. The lowest BCUT2D eigenvalue weighted by atomic mass is 9.99. The third kappa shape index (κ3) is 6.40. The van der Waals surface area contributed by atoms with Crippen LogP contribution in [0.5, 0.6) is 0 Å². The maximum absolute atomic E-state index is 13.3. The van der Waals surface area contributed by atoms with Gasteiger partial charge in [-0.1, -0.05) is 36.4 Å². The molecule has 0 unspecified atom stereocenters. The van der Waals surface area contributed by atoms with Crippen LogP contribution in [-0.2, 0) is 19.1 Å². The molecule has 0 saturated carbocycles. The number of rotatable bonds is 7. The third-order valence-electron chi connectivity index (χ3n) is 7.40. The number of carbonyl (C=O) groups is 4. The molecule has 0 spiro atoms. The number of nitrogens with one attached hydrogen (secondary N) is 2. The first-order chi connectivity index (χ1) is 20.2. The molecule has 0 bridgehead atoms. The van der Waals surface area contributed by atoms with Gasteiger partial charge in [0.05, 0.1) is 29.1 Å². The molecule has 216 valence electrons. The van der Waals surface area contributed by atoms with E-state index in [-0.39, 0.29) is 17.4 Å². The van der Waals surface area contributed by atoms with Crippen LogP contribution in [-0.4, -0.2) is 80.4 Å². The van der Waals surface area contributed by atoms with Gasteiger partial charge < -0.3 is 25.2 Å². The average molecular weight is 568 g/mol. The number of nitrogens with zero attached hydrogens (tertiary/aromatic N) is 3. The van der Waals surface area contributed by atoms with Gasteiger partial charge in [-0.3, -0.25) is 19.3 Å². The molecule has 1 fully saturated rings. The fourth-order valence-electron chi connectivity index (χ4n) is 4.98. The van der Waals surface area contributed by atoms with Gasteiger partial charge in [0.2, 0.25) is 5.91 Å². The van der Waals surface area contributed by atoms with Crippen molar-refractivity contribution in [1.82, 2.24) is 9.80 Å². The molecule has 2 N–H and O–H groups in total. The van der Waals surface area contributed by atoms with Gasteiger partial charge in [0.1, 0.15) is 0 Å². The summed E-state index contributed by atoms with van der Waals surface area (Å²) in [7, 11) is 3.86. The summed E-state index contributed by atoms with van der Waals surface area (Å²) in [6.07, 6.45) is 0. The summed E-state index contributed by atoms with van der Waals surface area (Å²) in [6, 6.07) is 21.6. The zero-order chi connectivity index (χ0) is 29.8. The summed E-state index contributed by atoms with van der Waals surface area (Å²) in [6.45, 7) is 5.17. The molecule has 0 radical (unpaired) electrons. The van der Waals surface area contributed by atoms with Crippen LogP contribution >= 0.6 is 0 Å². The van der Waals surface area contributed by atoms with Crippen LogP contribution in [0.25, 0.3) is 11.3 Å². The van der Waals surface area contributed by atoms with E-state index < -0.39 is 11.9 Å². The number of carbonyl (C=O) groups excluding carboxylic acids is 4. The number of hydrogen-bond donors (Lipinski definition) is 2. The predicted octanol–water partition coefficient (Wildman–Crippen LogP) is 3.53. The van der Waals surface area contributed by atoms with Crippen molar-refractivity contribution < 1.29 is 23.9 Å². The maximum atomic E-state index is 13.3. The molecule has 10 nitrogen and oxygen atoms in total. The van der Waals surface area contributed by atoms with E-state index in [1.807, 2.05) is 54.6 Å². The quantitative estimate of drug-likeness (QED) is 0.254. The van der Waals surface area contributed by atoms with Gasteiger partial charge in [0.25, 0.3) is 5.91 Å². The topological polar surface area (TPSA) is 111 Å². The Bertz CT molecular complexity index is 1540. The molecule has 10 heteroatoms. The zero-order valence-electron chi connectivity index (χ0n) is 23.8. The van der Waals surface area contributed by atoms with E-state index in [0.717, 1.165) is 50.0 Å². The van der Waals surface area contributed by atoms with Gasteiger partial charge >= 0.3 is 11.9 Å². The van der Waals surface area contributed by atoms with E-state index >= 15 is 0 Å². The largest absolute Gasteiger partial charge is 0.390 e. The lowest BCUT2D eigenvalue weighted by Crippen LogP contribution is -2.48. The third-order valence-corrected chi connectivity index (χ3v) is 7.40. The van der Waals surface area contributed by atoms with Gasteiger partial charge in [-0.15, -0.1) is 0 Å². The van der Waals surface area contributed by atoms with E-state index in [1.54, 1.807) is 18.0 Å². The molecule has 42 heavy (non-hydrogen) atoms. The van der Waals surface area contributed by atoms with Crippen LogP contribution in [0.1, 0.15) is 28.4 Å². The number of benzene rings is 3. The van der Waals surface area contributed by atoms with Crippen LogP contribution < -0.4 is 15.5 Å². The van der Waals surface area contributed by atoms with Crippen molar-refractivity contribution >= 4 is 52.1 Å². The van der Waals surface area contributed by atoms with Crippen LogP contribution in [0.3, 0.4) is 0 Å². The summed E-state index contributed by atoms with van der Waals surface area (Å²) in [5, 5.41) is 6.23. The number of piperazine rings is 1. The first-order valence-electron chi connectivity index (χ1n) is 13.7. The van der Waals surface area contributed by atoms with Crippen LogP contribution in [0.15, 0.2) is 72.8 Å². The lowest BCUT2D eigenvalue weighted by molar-refractivity contribution is -0.135. The van der Waals surface area contributed by atoms with Gasteiger partial charge in [-0.25, -0.2) is 4.79 Å². The fraction of sp³-hybridized carbons (Fsp3) is 0.250. The predicted molar refractivity (Wildman–Crippen MR) is 162 cm³/mol. The normalized spacial score (nSPS) is 16.3. The van der Waals surface area contributed by atoms with Crippen molar-refractivity contribution in [1.29, 1.82) is 0 Å². The van der Waals surface area contributed by atoms with E-state index in [0.29, 0.717) is 29.1 Å². The highest BCUT2D eigenvalue weighted by molar-refractivity contribution is 6.37. The fourth-order valence-corrected chi connectivity index (χ4v) is 4.98. The minimum absolute atomic E-state index is 0.0261. The summed E-state index contributed by atoms with van der Waals surface area (Å²) in [5.74, 6) is -1.81. The lowest BCUT2D eigenvalue weighted by Gasteiger charge is -2.32. The van der Waals surface area contributed by atoms with E-state index in [9.17, 15) is 19.2 Å². The Hall–Kier alpha value is -4.80. The van der Waals surface area contributed by atoms with Crippen molar-refractivity contribution in [3.8, 4) is 0 Å². The van der Waals surface area contributed by atoms with Crippen molar-refractivity contribution in [2.24, 2.45) is 0 Å². The van der Waals surface area contributed by atoms with Gasteiger partial charge in [-0.05, 0) is 49.0 Å². The van der Waals surface area contributed by atoms with E-state index in [4.69, 9.17) is 0 Å². The SMILES string of the molecule is CC(=O)OC(=O)c1ccc2c(c1)NC(=O)/C2=C(\Nc1ccc(N(C)C(=O)CN2CCN(C)CC2)cc1)c1ccccc1. The number of fused-ring (bicyclic) bond motifs is 1. The average Bonchev–Trinajstić information content (AvgIpc) is 3.31. The Labute approximate surface area is 244 Å². The van der Waals surface area contributed by atoms with Gasteiger partial charge in [0.15, 0.2) is 0 Å². The molecule has 5 rings (SSSR count). The maximum Gasteiger partial charge on any atom is 0.345 e. The van der Waals surface area contributed by atoms with Crippen LogP contribution in [0.4, 0.5) is 17.1 Å². The highest BCUT2D eigenvalue weighted by Crippen LogP contribution is 2.38. The van der Waals surface area contributed by atoms with Crippen LogP contribution in [0, 0.1) is 0 Å². The second kappa shape index (κ2) is 12.4. The molecule has 1 saturated heterocycles. The Morgan fingerprint density at radius 1 is 0.929 bits per heavy atom. The number of amides is 2. The minimum Gasteiger partial charge on any atom is -0.390 e. The van der Waals surface area contributed by atoms with E-state index in [1.165, 1.54) is 12.1 Å². The second-order valence-corrected chi connectivity index (χ2v) is 10.4. The van der Waals surface area contributed by atoms with E-state index in [2.05, 4.69) is 32.2 Å². The molecule has 2 amide bonds. The number of likely N-dealkylation sites (N-methyl/N-ethyl adjacent to an activating group) is 2. The highest BCUT2D eigenvalue weighted by Gasteiger charge is 2.30. The molecule has 3 aromatic rings. The molecule has 2 aliphatic rings.